The number of aryl methyl sites for hydroxylation is 1. The zero-order valence-corrected chi connectivity index (χ0v) is 14.7. The van der Waals surface area contributed by atoms with Gasteiger partial charge in [-0.1, -0.05) is 6.92 Å². The highest BCUT2D eigenvalue weighted by Gasteiger charge is 2.16. The van der Waals surface area contributed by atoms with E-state index in [4.69, 9.17) is 4.74 Å². The van der Waals surface area contributed by atoms with Crippen LogP contribution in [0.15, 0.2) is 36.7 Å². The van der Waals surface area contributed by atoms with E-state index in [2.05, 4.69) is 34.5 Å². The van der Waals surface area contributed by atoms with Crippen LogP contribution < -0.4 is 15.5 Å². The molecular weight excluding hydrogens is 318 g/mol. The number of urea groups is 1. The van der Waals surface area contributed by atoms with Gasteiger partial charge < -0.3 is 20.3 Å². The summed E-state index contributed by atoms with van der Waals surface area (Å²) < 4.78 is 7.38. The number of hydrogen-bond acceptors (Lipinski definition) is 4. The lowest BCUT2D eigenvalue weighted by atomic mass is 10.2. The largest absolute Gasteiger partial charge is 0.375 e. The zero-order chi connectivity index (χ0) is 17.6. The molecule has 0 spiro atoms. The van der Waals surface area contributed by atoms with Gasteiger partial charge in [0.1, 0.15) is 0 Å². The van der Waals surface area contributed by atoms with Crippen molar-refractivity contribution in [2.45, 2.75) is 32.9 Å². The van der Waals surface area contributed by atoms with Crippen molar-refractivity contribution in [2.75, 3.05) is 35.2 Å². The van der Waals surface area contributed by atoms with Gasteiger partial charge in [0, 0.05) is 37.2 Å². The van der Waals surface area contributed by atoms with Crippen molar-refractivity contribution < 1.29 is 9.53 Å². The molecule has 1 aliphatic rings. The molecule has 1 aliphatic heterocycles. The highest BCUT2D eigenvalue weighted by atomic mass is 16.5. The quantitative estimate of drug-likeness (QED) is 0.875. The lowest BCUT2D eigenvalue weighted by Gasteiger charge is -2.33. The van der Waals surface area contributed by atoms with Gasteiger partial charge in [0.05, 0.1) is 24.6 Å². The summed E-state index contributed by atoms with van der Waals surface area (Å²) in [6.45, 7) is 7.52. The normalized spacial score (nSPS) is 17.4. The molecule has 0 radical (unpaired) electrons. The average Bonchev–Trinajstić information content (AvgIpc) is 3.03. The predicted octanol–water partition coefficient (Wildman–Crippen LogP) is 3.16. The maximum absolute atomic E-state index is 12.1. The first-order valence-electron chi connectivity index (χ1n) is 8.71. The third kappa shape index (κ3) is 4.73. The molecule has 7 nitrogen and oxygen atoms in total. The van der Waals surface area contributed by atoms with Crippen molar-refractivity contribution in [2.24, 2.45) is 0 Å². The molecule has 2 amide bonds. The molecule has 0 unspecified atom stereocenters. The molecule has 7 heteroatoms. The van der Waals surface area contributed by atoms with Crippen molar-refractivity contribution in [1.82, 2.24) is 9.78 Å². The molecule has 1 aromatic carbocycles. The number of ether oxygens (including phenoxy) is 1. The Balaban J connectivity index is 1.54. The Morgan fingerprint density at radius 3 is 2.76 bits per heavy atom. The number of amides is 2. The smallest absolute Gasteiger partial charge is 0.323 e. The van der Waals surface area contributed by atoms with Gasteiger partial charge in [0.2, 0.25) is 0 Å². The third-order valence-electron chi connectivity index (χ3n) is 4.08. The Hall–Kier alpha value is -2.54. The van der Waals surface area contributed by atoms with E-state index in [1.54, 1.807) is 6.20 Å². The van der Waals surface area contributed by atoms with Gasteiger partial charge in [0.15, 0.2) is 0 Å². The number of benzene rings is 1. The van der Waals surface area contributed by atoms with E-state index in [1.165, 1.54) is 0 Å². The molecule has 1 aromatic heterocycles. The van der Waals surface area contributed by atoms with Gasteiger partial charge in [-0.05, 0) is 37.6 Å². The number of rotatable bonds is 5. The SMILES string of the molecule is CCCn1cc(NC(=O)Nc2ccc(N3CCO[C@@H](C)C3)cc2)cn1. The minimum Gasteiger partial charge on any atom is -0.375 e. The number of morpholine rings is 1. The second kappa shape index (κ2) is 8.02. The molecule has 2 aromatic rings. The summed E-state index contributed by atoms with van der Waals surface area (Å²) in [5.74, 6) is 0. The van der Waals surface area contributed by atoms with Crippen LogP contribution in [0.25, 0.3) is 0 Å². The number of anilines is 3. The van der Waals surface area contributed by atoms with Crippen LogP contribution in [-0.2, 0) is 11.3 Å². The van der Waals surface area contributed by atoms with Gasteiger partial charge in [-0.25, -0.2) is 4.79 Å². The summed E-state index contributed by atoms with van der Waals surface area (Å²) in [5.41, 5.74) is 2.58. The Kier molecular flexibility index (Phi) is 5.55. The predicted molar refractivity (Wildman–Crippen MR) is 99.2 cm³/mol. The number of carbonyl (C=O) groups excluding carboxylic acids is 1. The third-order valence-corrected chi connectivity index (χ3v) is 4.08. The van der Waals surface area contributed by atoms with Crippen LogP contribution in [0.2, 0.25) is 0 Å². The van der Waals surface area contributed by atoms with Gasteiger partial charge in [-0.3, -0.25) is 4.68 Å². The highest BCUT2D eigenvalue weighted by molar-refractivity contribution is 5.99. The molecule has 0 bridgehead atoms. The Morgan fingerprint density at radius 1 is 1.28 bits per heavy atom. The summed E-state index contributed by atoms with van der Waals surface area (Å²) in [6.07, 6.45) is 4.72. The van der Waals surface area contributed by atoms with E-state index >= 15 is 0 Å². The Morgan fingerprint density at radius 2 is 2.04 bits per heavy atom. The van der Waals surface area contributed by atoms with Crippen LogP contribution in [0.3, 0.4) is 0 Å². The summed E-state index contributed by atoms with van der Waals surface area (Å²) in [6, 6.07) is 7.59. The van der Waals surface area contributed by atoms with Crippen molar-refractivity contribution in [3.8, 4) is 0 Å². The number of carbonyl (C=O) groups is 1. The van der Waals surface area contributed by atoms with E-state index in [0.717, 1.165) is 44.0 Å². The van der Waals surface area contributed by atoms with E-state index < -0.39 is 0 Å². The van der Waals surface area contributed by atoms with Crippen LogP contribution in [0.5, 0.6) is 0 Å². The average molecular weight is 343 g/mol. The van der Waals surface area contributed by atoms with Gasteiger partial charge in [-0.15, -0.1) is 0 Å². The number of hydrogen-bond donors (Lipinski definition) is 2. The van der Waals surface area contributed by atoms with E-state index in [9.17, 15) is 4.79 Å². The molecule has 2 N–H and O–H groups in total. The Labute approximate surface area is 148 Å². The molecule has 3 rings (SSSR count). The van der Waals surface area contributed by atoms with Gasteiger partial charge in [-0.2, -0.15) is 5.10 Å². The number of aromatic nitrogens is 2. The molecule has 134 valence electrons. The van der Waals surface area contributed by atoms with Crippen LogP contribution in [0.1, 0.15) is 20.3 Å². The minimum absolute atomic E-state index is 0.242. The number of nitrogens with one attached hydrogen (secondary N) is 2. The highest BCUT2D eigenvalue weighted by Crippen LogP contribution is 2.20. The molecule has 1 atom stereocenters. The fraction of sp³-hybridized carbons (Fsp3) is 0.444. The lowest BCUT2D eigenvalue weighted by molar-refractivity contribution is 0.0532. The molecular formula is C18H25N5O2. The summed E-state index contributed by atoms with van der Waals surface area (Å²) in [5, 5.41) is 9.83. The minimum atomic E-state index is -0.274. The standard InChI is InChI=1S/C18H25N5O2/c1-3-8-23-13-16(11-19-23)21-18(24)20-15-4-6-17(7-5-15)22-9-10-25-14(2)12-22/h4-7,11,13-14H,3,8-10,12H2,1-2H3,(H2,20,21,24)/t14-/m0/s1. The zero-order valence-electron chi connectivity index (χ0n) is 14.7. The second-order valence-corrected chi connectivity index (χ2v) is 6.25. The van der Waals surface area contributed by atoms with E-state index in [1.807, 2.05) is 35.1 Å². The first kappa shape index (κ1) is 17.3. The molecule has 0 saturated carbocycles. The van der Waals surface area contributed by atoms with Gasteiger partial charge in [0.25, 0.3) is 0 Å². The molecule has 1 saturated heterocycles. The molecule has 1 fully saturated rings. The lowest BCUT2D eigenvalue weighted by Crippen LogP contribution is -2.41. The summed E-state index contributed by atoms with van der Waals surface area (Å²) in [4.78, 5) is 14.4. The van der Waals surface area contributed by atoms with Crippen molar-refractivity contribution >= 4 is 23.1 Å². The van der Waals surface area contributed by atoms with Gasteiger partial charge >= 0.3 is 6.03 Å². The maximum Gasteiger partial charge on any atom is 0.323 e. The maximum atomic E-state index is 12.1. The van der Waals surface area contributed by atoms with Crippen LogP contribution in [0.4, 0.5) is 21.9 Å². The molecule has 0 aliphatic carbocycles. The fourth-order valence-electron chi connectivity index (χ4n) is 2.88. The van der Waals surface area contributed by atoms with Crippen molar-refractivity contribution in [1.29, 1.82) is 0 Å². The molecule has 2 heterocycles. The van der Waals surface area contributed by atoms with E-state index in [-0.39, 0.29) is 12.1 Å². The Bertz CT molecular complexity index is 698. The summed E-state index contributed by atoms with van der Waals surface area (Å²) >= 11 is 0. The van der Waals surface area contributed by atoms with Crippen LogP contribution in [-0.4, -0.2) is 41.6 Å². The second-order valence-electron chi connectivity index (χ2n) is 6.25. The fourth-order valence-corrected chi connectivity index (χ4v) is 2.88. The van der Waals surface area contributed by atoms with Crippen molar-refractivity contribution in [3.05, 3.63) is 36.7 Å². The topological polar surface area (TPSA) is 71.4 Å². The van der Waals surface area contributed by atoms with Crippen molar-refractivity contribution in [3.63, 3.8) is 0 Å². The molecule has 25 heavy (non-hydrogen) atoms. The first-order chi connectivity index (χ1) is 12.1. The monoisotopic (exact) mass is 343 g/mol. The summed E-state index contributed by atoms with van der Waals surface area (Å²) in [7, 11) is 0. The number of nitrogens with zero attached hydrogens (tertiary/aromatic N) is 3. The van der Waals surface area contributed by atoms with Crippen LogP contribution >= 0.6 is 0 Å². The van der Waals surface area contributed by atoms with E-state index in [0.29, 0.717) is 5.69 Å². The van der Waals surface area contributed by atoms with Crippen LogP contribution in [0, 0.1) is 0 Å². The first-order valence-corrected chi connectivity index (χ1v) is 8.71.